The minimum atomic E-state index is -0.233. The number of hydrogen-bond donors (Lipinski definition) is 0. The Labute approximate surface area is 172 Å². The molecule has 0 aromatic heterocycles. The van der Waals surface area contributed by atoms with Crippen molar-refractivity contribution >= 4 is 11.5 Å². The van der Waals surface area contributed by atoms with Crippen LogP contribution in [0, 0.1) is 12.0 Å². The molecule has 0 amide bonds. The van der Waals surface area contributed by atoms with Crippen molar-refractivity contribution < 1.29 is 4.79 Å². The predicted molar refractivity (Wildman–Crippen MR) is 116 cm³/mol. The first-order chi connectivity index (χ1) is 14.2. The minimum absolute atomic E-state index is 0.233. The fourth-order valence-electron chi connectivity index (χ4n) is 5.11. The molecule has 2 aliphatic carbocycles. The molecule has 0 unspecified atom stereocenters. The molecule has 2 heteroatoms. The van der Waals surface area contributed by atoms with Crippen molar-refractivity contribution in [1.29, 1.82) is 0 Å². The van der Waals surface area contributed by atoms with E-state index in [2.05, 4.69) is 47.3 Å². The lowest BCUT2D eigenvalue weighted by Crippen LogP contribution is -2.36. The molecular formula is C27H23NO. The molecule has 1 spiro atoms. The van der Waals surface area contributed by atoms with Crippen molar-refractivity contribution in [3.05, 3.63) is 100 Å². The lowest BCUT2D eigenvalue weighted by atomic mass is 9.66. The first kappa shape index (κ1) is 17.9. The highest BCUT2D eigenvalue weighted by Gasteiger charge is 2.42. The number of carbonyl (C=O) groups is 1. The predicted octanol–water partition coefficient (Wildman–Crippen LogP) is 6.60. The third kappa shape index (κ3) is 3.08. The Morgan fingerprint density at radius 3 is 2.07 bits per heavy atom. The number of rotatable bonds is 1. The van der Waals surface area contributed by atoms with E-state index < -0.39 is 0 Å². The van der Waals surface area contributed by atoms with E-state index in [9.17, 15) is 4.79 Å². The molecule has 0 heterocycles. The van der Waals surface area contributed by atoms with E-state index in [1.54, 1.807) is 0 Å². The Morgan fingerprint density at radius 2 is 1.38 bits per heavy atom. The summed E-state index contributed by atoms with van der Waals surface area (Å²) in [6.45, 7) is 7.26. The Bertz CT molecular complexity index is 1120. The van der Waals surface area contributed by atoms with Crippen LogP contribution in [0.5, 0.6) is 0 Å². The third-order valence-electron chi connectivity index (χ3n) is 6.88. The molecule has 0 bridgehead atoms. The van der Waals surface area contributed by atoms with Crippen LogP contribution >= 0.6 is 0 Å². The van der Waals surface area contributed by atoms with E-state index in [0.717, 1.165) is 55.2 Å². The molecule has 0 saturated heterocycles. The van der Waals surface area contributed by atoms with Gasteiger partial charge in [-0.15, -0.1) is 0 Å². The van der Waals surface area contributed by atoms with Crippen molar-refractivity contribution in [3.8, 4) is 11.1 Å². The van der Waals surface area contributed by atoms with Crippen LogP contribution < -0.4 is 0 Å². The Morgan fingerprint density at radius 1 is 0.724 bits per heavy atom. The van der Waals surface area contributed by atoms with Crippen LogP contribution in [0.25, 0.3) is 16.0 Å². The summed E-state index contributed by atoms with van der Waals surface area (Å²) in [6.07, 6.45) is 5.80. The topological polar surface area (TPSA) is 21.4 Å². The second-order valence-electron chi connectivity index (χ2n) is 8.41. The second-order valence-corrected chi connectivity index (χ2v) is 8.41. The molecule has 0 saturated carbocycles. The van der Waals surface area contributed by atoms with E-state index >= 15 is 0 Å². The maximum Gasteiger partial charge on any atom is 0.187 e. The van der Waals surface area contributed by atoms with Gasteiger partial charge in [0.25, 0.3) is 0 Å². The van der Waals surface area contributed by atoms with Crippen LogP contribution in [0.2, 0.25) is 0 Å². The summed E-state index contributed by atoms with van der Waals surface area (Å²) in [5.41, 5.74) is 7.31. The molecule has 0 atom stereocenters. The number of fused-ring (bicyclic) bond motifs is 2. The molecule has 3 aromatic rings. The van der Waals surface area contributed by atoms with Crippen LogP contribution in [0.15, 0.2) is 66.7 Å². The number of Topliss-reactive ketones (excluding diaryl/α,β-unsaturated/α-hetero) is 1. The van der Waals surface area contributed by atoms with Gasteiger partial charge in [-0.25, -0.2) is 4.85 Å². The van der Waals surface area contributed by atoms with Gasteiger partial charge in [-0.3, -0.25) is 4.79 Å². The van der Waals surface area contributed by atoms with Gasteiger partial charge in [0.2, 0.25) is 0 Å². The summed E-state index contributed by atoms with van der Waals surface area (Å²) in [5, 5.41) is 0. The summed E-state index contributed by atoms with van der Waals surface area (Å²) < 4.78 is 0. The van der Waals surface area contributed by atoms with Gasteiger partial charge in [-0.2, -0.15) is 0 Å². The van der Waals surface area contributed by atoms with Crippen molar-refractivity contribution in [1.82, 2.24) is 0 Å². The Hall–Kier alpha value is -3.18. The highest BCUT2D eigenvalue weighted by atomic mass is 16.1. The third-order valence-corrected chi connectivity index (χ3v) is 6.88. The molecule has 0 aliphatic heterocycles. The molecular weight excluding hydrogens is 354 g/mol. The number of hydrogen-bond acceptors (Lipinski definition) is 1. The molecule has 0 N–H and O–H groups in total. The highest BCUT2D eigenvalue weighted by Crippen LogP contribution is 2.45. The van der Waals surface area contributed by atoms with Gasteiger partial charge in [0.15, 0.2) is 11.5 Å². The first-order valence-electron chi connectivity index (χ1n) is 10.4. The molecule has 2 nitrogen and oxygen atoms in total. The van der Waals surface area contributed by atoms with Gasteiger partial charge in [0.1, 0.15) is 0 Å². The van der Waals surface area contributed by atoms with Crippen molar-refractivity contribution in [2.75, 3.05) is 0 Å². The standard InChI is InChI=1S/C27H23NO/c1-28-24-8-4-7-22(17-24)23-10-9-21-13-16-27(26(29)25(21)18-23)14-11-19-5-2-3-6-20(19)12-15-27/h2-10,17-18H,11-16H2. The fraction of sp³-hybridized carbons (Fsp3) is 0.259. The van der Waals surface area contributed by atoms with E-state index in [1.807, 2.05) is 24.3 Å². The highest BCUT2D eigenvalue weighted by molar-refractivity contribution is 6.03. The molecule has 142 valence electrons. The Kier molecular flexibility index (Phi) is 4.32. The zero-order valence-electron chi connectivity index (χ0n) is 16.4. The van der Waals surface area contributed by atoms with Gasteiger partial charge >= 0.3 is 0 Å². The van der Waals surface area contributed by atoms with Crippen LogP contribution in [0.3, 0.4) is 0 Å². The van der Waals surface area contributed by atoms with Crippen LogP contribution in [-0.4, -0.2) is 5.78 Å². The smallest absolute Gasteiger partial charge is 0.187 e. The number of ketones is 1. The van der Waals surface area contributed by atoms with Gasteiger partial charge < -0.3 is 0 Å². The van der Waals surface area contributed by atoms with Crippen LogP contribution in [-0.2, 0) is 19.3 Å². The molecule has 0 fully saturated rings. The van der Waals surface area contributed by atoms with Crippen LogP contribution in [0.1, 0.15) is 46.3 Å². The first-order valence-corrected chi connectivity index (χ1v) is 10.4. The lowest BCUT2D eigenvalue weighted by molar-refractivity contribution is 0.0724. The Balaban J connectivity index is 1.50. The van der Waals surface area contributed by atoms with Gasteiger partial charge in [-0.05, 0) is 78.5 Å². The molecule has 2 aliphatic rings. The quantitative estimate of drug-likeness (QED) is 0.438. The summed E-state index contributed by atoms with van der Waals surface area (Å²) in [6, 6.07) is 22.6. The molecule has 5 rings (SSSR count). The van der Waals surface area contributed by atoms with E-state index in [-0.39, 0.29) is 5.41 Å². The average molecular weight is 377 g/mol. The lowest BCUT2D eigenvalue weighted by Gasteiger charge is -2.36. The summed E-state index contributed by atoms with van der Waals surface area (Å²) in [7, 11) is 0. The summed E-state index contributed by atoms with van der Waals surface area (Å²) >= 11 is 0. The normalized spacial score (nSPS) is 17.1. The molecule has 0 radical (unpaired) electrons. The van der Waals surface area contributed by atoms with Crippen molar-refractivity contribution in [3.63, 3.8) is 0 Å². The largest absolute Gasteiger partial charge is 0.294 e. The summed E-state index contributed by atoms with van der Waals surface area (Å²) in [5.74, 6) is 0.328. The number of aryl methyl sites for hydroxylation is 3. The van der Waals surface area contributed by atoms with Gasteiger partial charge in [-0.1, -0.05) is 54.6 Å². The van der Waals surface area contributed by atoms with E-state index in [4.69, 9.17) is 6.57 Å². The SMILES string of the molecule is [C-]#[N+]c1cccc(-c2ccc3c(c2)C(=O)C2(CCc4ccccc4CC2)CC3)c1. The summed E-state index contributed by atoms with van der Waals surface area (Å²) in [4.78, 5) is 17.3. The van der Waals surface area contributed by atoms with Crippen molar-refractivity contribution in [2.24, 2.45) is 5.41 Å². The van der Waals surface area contributed by atoms with E-state index in [0.29, 0.717) is 11.5 Å². The molecule has 3 aromatic carbocycles. The maximum absolute atomic E-state index is 13.8. The monoisotopic (exact) mass is 377 g/mol. The maximum atomic E-state index is 13.8. The van der Waals surface area contributed by atoms with E-state index in [1.165, 1.54) is 16.7 Å². The van der Waals surface area contributed by atoms with Gasteiger partial charge in [0.05, 0.1) is 6.57 Å². The zero-order valence-corrected chi connectivity index (χ0v) is 16.4. The number of benzene rings is 3. The zero-order chi connectivity index (χ0) is 19.8. The van der Waals surface area contributed by atoms with Gasteiger partial charge in [0, 0.05) is 11.0 Å². The second kappa shape index (κ2) is 7.01. The fourth-order valence-corrected chi connectivity index (χ4v) is 5.11. The van der Waals surface area contributed by atoms with Crippen LogP contribution in [0.4, 0.5) is 5.69 Å². The van der Waals surface area contributed by atoms with Crippen molar-refractivity contribution in [2.45, 2.75) is 38.5 Å². The minimum Gasteiger partial charge on any atom is -0.294 e. The number of carbonyl (C=O) groups excluding carboxylic acids is 1. The number of nitrogens with zero attached hydrogens (tertiary/aromatic N) is 1. The molecule has 29 heavy (non-hydrogen) atoms. The average Bonchev–Trinajstić information content (AvgIpc) is 2.97.